The van der Waals surface area contributed by atoms with Crippen LogP contribution >= 0.6 is 23.4 Å². The molecule has 0 saturated carbocycles. The van der Waals surface area contributed by atoms with Crippen molar-refractivity contribution in [3.05, 3.63) is 29.3 Å². The first kappa shape index (κ1) is 16.0. The van der Waals surface area contributed by atoms with Crippen molar-refractivity contribution in [2.45, 2.75) is 42.4 Å². The van der Waals surface area contributed by atoms with Crippen molar-refractivity contribution in [2.75, 3.05) is 19.3 Å². The van der Waals surface area contributed by atoms with E-state index in [2.05, 4.69) is 15.6 Å². The van der Waals surface area contributed by atoms with E-state index < -0.39 is 0 Å². The van der Waals surface area contributed by atoms with Crippen molar-refractivity contribution in [3.8, 4) is 0 Å². The number of hydrogen-bond donors (Lipinski definition) is 2. The molecule has 2 aliphatic rings. The molecular formula is C16H22ClN3OS. The summed E-state index contributed by atoms with van der Waals surface area (Å²) in [7, 11) is 1.82. The molecule has 2 aliphatic heterocycles. The fourth-order valence-corrected chi connectivity index (χ4v) is 3.92. The minimum atomic E-state index is 0.368. The second kappa shape index (κ2) is 7.57. The van der Waals surface area contributed by atoms with E-state index in [0.29, 0.717) is 18.2 Å². The van der Waals surface area contributed by atoms with Gasteiger partial charge in [0.25, 0.3) is 0 Å². The highest BCUT2D eigenvalue weighted by atomic mass is 35.5. The number of hydrogen-bond acceptors (Lipinski definition) is 3. The van der Waals surface area contributed by atoms with Gasteiger partial charge < -0.3 is 15.4 Å². The Bertz CT molecular complexity index is 523. The van der Waals surface area contributed by atoms with Gasteiger partial charge in [-0.25, -0.2) is 0 Å². The van der Waals surface area contributed by atoms with Gasteiger partial charge in [-0.1, -0.05) is 11.6 Å². The van der Waals surface area contributed by atoms with Gasteiger partial charge in [0.05, 0.1) is 18.2 Å². The standard InChI is InChI=1S/C16H22ClN3OS/c1-18-16(20-14-10-12-4-7-15(14)21-12)19-8-9-22-13-5-2-11(17)3-6-13/h2-3,5-6,12,14-15H,4,7-10H2,1H3,(H2,18,19,20). The molecule has 3 atom stereocenters. The maximum atomic E-state index is 5.89. The molecule has 2 heterocycles. The number of nitrogens with zero attached hydrogens (tertiary/aromatic N) is 1. The third-order valence-corrected chi connectivity index (χ3v) is 5.39. The Balaban J connectivity index is 1.37. The maximum absolute atomic E-state index is 5.89. The molecule has 2 saturated heterocycles. The second-order valence-corrected chi connectivity index (χ2v) is 7.27. The van der Waals surface area contributed by atoms with E-state index in [1.165, 1.54) is 17.7 Å². The van der Waals surface area contributed by atoms with Crippen molar-refractivity contribution in [3.63, 3.8) is 0 Å². The minimum absolute atomic E-state index is 0.368. The predicted molar refractivity (Wildman–Crippen MR) is 93.0 cm³/mol. The van der Waals surface area contributed by atoms with Gasteiger partial charge in [0, 0.05) is 29.3 Å². The van der Waals surface area contributed by atoms with Gasteiger partial charge >= 0.3 is 0 Å². The Kier molecular flexibility index (Phi) is 5.50. The van der Waals surface area contributed by atoms with Gasteiger partial charge in [0.15, 0.2) is 5.96 Å². The molecular weight excluding hydrogens is 318 g/mol. The summed E-state index contributed by atoms with van der Waals surface area (Å²) in [5.74, 6) is 1.85. The van der Waals surface area contributed by atoms with Crippen LogP contribution < -0.4 is 10.6 Å². The van der Waals surface area contributed by atoms with Gasteiger partial charge in [0.1, 0.15) is 0 Å². The summed E-state index contributed by atoms with van der Waals surface area (Å²) in [5, 5.41) is 7.64. The molecule has 0 amide bonds. The molecule has 6 heteroatoms. The van der Waals surface area contributed by atoms with Crippen LogP contribution in [-0.4, -0.2) is 43.6 Å². The molecule has 1 aromatic carbocycles. The lowest BCUT2D eigenvalue weighted by molar-refractivity contribution is 0.0992. The zero-order chi connectivity index (χ0) is 15.4. The number of halogens is 1. The molecule has 2 bridgehead atoms. The minimum Gasteiger partial charge on any atom is -0.373 e. The van der Waals surface area contributed by atoms with Gasteiger partial charge in [-0.05, 0) is 43.5 Å². The normalized spacial score (nSPS) is 27.2. The highest BCUT2D eigenvalue weighted by Crippen LogP contribution is 2.34. The van der Waals surface area contributed by atoms with E-state index in [4.69, 9.17) is 16.3 Å². The number of benzene rings is 1. The number of guanidine groups is 1. The third kappa shape index (κ3) is 4.09. The fraction of sp³-hybridized carbons (Fsp3) is 0.562. The Morgan fingerprint density at radius 1 is 1.36 bits per heavy atom. The highest BCUT2D eigenvalue weighted by molar-refractivity contribution is 7.99. The van der Waals surface area contributed by atoms with Crippen molar-refractivity contribution < 1.29 is 4.74 Å². The van der Waals surface area contributed by atoms with Crippen LogP contribution in [0, 0.1) is 0 Å². The lowest BCUT2D eigenvalue weighted by Gasteiger charge is -2.22. The molecule has 4 nitrogen and oxygen atoms in total. The van der Waals surface area contributed by atoms with E-state index >= 15 is 0 Å². The van der Waals surface area contributed by atoms with Crippen molar-refractivity contribution in [1.29, 1.82) is 0 Å². The quantitative estimate of drug-likeness (QED) is 0.375. The number of aliphatic imine (C=N–C) groups is 1. The van der Waals surface area contributed by atoms with E-state index in [-0.39, 0.29) is 0 Å². The molecule has 120 valence electrons. The molecule has 0 spiro atoms. The summed E-state index contributed by atoms with van der Waals surface area (Å²) >= 11 is 7.69. The van der Waals surface area contributed by atoms with E-state index in [0.717, 1.165) is 29.7 Å². The largest absolute Gasteiger partial charge is 0.373 e. The van der Waals surface area contributed by atoms with Crippen LogP contribution in [0.15, 0.2) is 34.2 Å². The molecule has 3 unspecified atom stereocenters. The Morgan fingerprint density at radius 2 is 2.18 bits per heavy atom. The smallest absolute Gasteiger partial charge is 0.191 e. The third-order valence-electron chi connectivity index (χ3n) is 4.13. The van der Waals surface area contributed by atoms with Crippen LogP contribution in [0.3, 0.4) is 0 Å². The average molecular weight is 340 g/mol. The van der Waals surface area contributed by atoms with Gasteiger partial charge in [-0.3, -0.25) is 4.99 Å². The zero-order valence-electron chi connectivity index (χ0n) is 12.7. The average Bonchev–Trinajstić information content (AvgIpc) is 3.14. The SMILES string of the molecule is CN=C(NCCSc1ccc(Cl)cc1)NC1CC2CCC1O2. The molecule has 2 N–H and O–H groups in total. The summed E-state index contributed by atoms with van der Waals surface area (Å²) in [6.07, 6.45) is 4.32. The first-order valence-electron chi connectivity index (χ1n) is 7.75. The Hall–Kier alpha value is -0.910. The van der Waals surface area contributed by atoms with Crippen molar-refractivity contribution in [1.82, 2.24) is 10.6 Å². The van der Waals surface area contributed by atoms with Crippen LogP contribution in [-0.2, 0) is 4.74 Å². The lowest BCUT2D eigenvalue weighted by atomic mass is 9.96. The molecule has 0 aliphatic carbocycles. The molecule has 0 aromatic heterocycles. The van der Waals surface area contributed by atoms with Gasteiger partial charge in [-0.15, -0.1) is 11.8 Å². The molecule has 2 fully saturated rings. The van der Waals surface area contributed by atoms with Crippen LogP contribution in [0.2, 0.25) is 5.02 Å². The predicted octanol–water partition coefficient (Wildman–Crippen LogP) is 2.92. The van der Waals surface area contributed by atoms with Crippen LogP contribution in [0.5, 0.6) is 0 Å². The van der Waals surface area contributed by atoms with Crippen LogP contribution in [0.1, 0.15) is 19.3 Å². The number of rotatable bonds is 5. The lowest BCUT2D eigenvalue weighted by Crippen LogP contribution is -2.47. The fourth-order valence-electron chi connectivity index (χ4n) is 3.03. The molecule has 22 heavy (non-hydrogen) atoms. The topological polar surface area (TPSA) is 45.7 Å². The molecule has 1 aromatic rings. The number of nitrogens with one attached hydrogen (secondary N) is 2. The number of ether oxygens (including phenoxy) is 1. The summed E-state index contributed by atoms with van der Waals surface area (Å²) < 4.78 is 5.86. The summed E-state index contributed by atoms with van der Waals surface area (Å²) in [4.78, 5) is 5.54. The Morgan fingerprint density at radius 3 is 2.82 bits per heavy atom. The van der Waals surface area contributed by atoms with Gasteiger partial charge in [0.2, 0.25) is 0 Å². The summed E-state index contributed by atoms with van der Waals surface area (Å²) in [5.41, 5.74) is 0. The first-order chi connectivity index (χ1) is 10.7. The van der Waals surface area contributed by atoms with Crippen LogP contribution in [0.4, 0.5) is 0 Å². The molecule has 0 radical (unpaired) electrons. The summed E-state index contributed by atoms with van der Waals surface area (Å²) in [6, 6.07) is 8.35. The zero-order valence-corrected chi connectivity index (χ0v) is 14.3. The summed E-state index contributed by atoms with van der Waals surface area (Å²) in [6.45, 7) is 0.870. The van der Waals surface area contributed by atoms with E-state index in [9.17, 15) is 0 Å². The van der Waals surface area contributed by atoms with Crippen molar-refractivity contribution in [2.24, 2.45) is 4.99 Å². The second-order valence-electron chi connectivity index (χ2n) is 5.66. The highest BCUT2D eigenvalue weighted by Gasteiger charge is 2.41. The monoisotopic (exact) mass is 339 g/mol. The first-order valence-corrected chi connectivity index (χ1v) is 9.12. The number of thioether (sulfide) groups is 1. The van der Waals surface area contributed by atoms with E-state index in [1.807, 2.05) is 43.1 Å². The molecule has 3 rings (SSSR count). The van der Waals surface area contributed by atoms with E-state index in [1.54, 1.807) is 0 Å². The van der Waals surface area contributed by atoms with Gasteiger partial charge in [-0.2, -0.15) is 0 Å². The van der Waals surface area contributed by atoms with Crippen LogP contribution in [0.25, 0.3) is 0 Å². The maximum Gasteiger partial charge on any atom is 0.191 e. The number of fused-ring (bicyclic) bond motifs is 2. The Labute approximate surface area is 141 Å². The van der Waals surface area contributed by atoms with Crippen molar-refractivity contribution >= 4 is 29.3 Å².